The molecule has 0 spiro atoms. The molecule has 2 aromatic rings. The van der Waals surface area contributed by atoms with Gasteiger partial charge in [0.05, 0.1) is 10.5 Å². The number of carbonyl (C=O) groups is 2. The Kier molecular flexibility index (Phi) is 6.76. The highest BCUT2D eigenvalue weighted by Crippen LogP contribution is 2.21. The van der Waals surface area contributed by atoms with E-state index in [2.05, 4.69) is 21.2 Å². The maximum Gasteiger partial charge on any atom is 0.339 e. The van der Waals surface area contributed by atoms with E-state index < -0.39 is 28.5 Å². The van der Waals surface area contributed by atoms with Crippen LogP contribution in [-0.4, -0.2) is 26.9 Å². The summed E-state index contributed by atoms with van der Waals surface area (Å²) in [4.78, 5) is 23.6. The van der Waals surface area contributed by atoms with Crippen LogP contribution in [0, 0.1) is 0 Å². The van der Waals surface area contributed by atoms with Crippen molar-refractivity contribution < 1.29 is 22.7 Å². The molecule has 3 N–H and O–H groups in total. The summed E-state index contributed by atoms with van der Waals surface area (Å²) in [5.74, 6) is -1.38. The van der Waals surface area contributed by atoms with E-state index in [1.54, 1.807) is 24.3 Å². The Balaban J connectivity index is 1.95. The van der Waals surface area contributed by atoms with E-state index in [1.807, 2.05) is 0 Å². The number of ether oxygens (including phenoxy) is 1. The summed E-state index contributed by atoms with van der Waals surface area (Å²) in [7, 11) is -3.97. The van der Waals surface area contributed by atoms with E-state index in [4.69, 9.17) is 21.5 Å². The average molecular weight is 462 g/mol. The smallest absolute Gasteiger partial charge is 0.339 e. The highest BCUT2D eigenvalue weighted by molar-refractivity contribution is 9.10. The topological polar surface area (TPSA) is 116 Å². The zero-order valence-corrected chi connectivity index (χ0v) is 16.4. The summed E-state index contributed by atoms with van der Waals surface area (Å²) < 4.78 is 28.0. The van der Waals surface area contributed by atoms with E-state index in [1.165, 1.54) is 12.1 Å². The van der Waals surface area contributed by atoms with Gasteiger partial charge >= 0.3 is 5.97 Å². The van der Waals surface area contributed by atoms with Gasteiger partial charge in [0, 0.05) is 16.0 Å². The molecule has 138 valence electrons. The molecule has 10 heteroatoms. The number of esters is 1. The molecule has 2 rings (SSSR count). The van der Waals surface area contributed by atoms with E-state index in [-0.39, 0.29) is 17.0 Å². The fourth-order valence-electron chi connectivity index (χ4n) is 1.95. The minimum Gasteiger partial charge on any atom is -0.452 e. The van der Waals surface area contributed by atoms with Crippen molar-refractivity contribution in [3.05, 3.63) is 63.1 Å². The number of primary sulfonamides is 1. The Morgan fingerprint density at radius 2 is 1.92 bits per heavy atom. The normalized spacial score (nSPS) is 11.0. The van der Waals surface area contributed by atoms with Crippen molar-refractivity contribution >= 4 is 49.4 Å². The Morgan fingerprint density at radius 3 is 2.58 bits per heavy atom. The predicted octanol–water partition coefficient (Wildman–Crippen LogP) is 2.22. The Hall–Kier alpha value is -1.94. The average Bonchev–Trinajstić information content (AvgIpc) is 2.57. The molecule has 26 heavy (non-hydrogen) atoms. The monoisotopic (exact) mass is 460 g/mol. The highest BCUT2D eigenvalue weighted by Gasteiger charge is 2.17. The highest BCUT2D eigenvalue weighted by atomic mass is 79.9. The number of amides is 1. The maximum absolute atomic E-state index is 12.1. The van der Waals surface area contributed by atoms with Gasteiger partial charge < -0.3 is 10.1 Å². The van der Waals surface area contributed by atoms with Gasteiger partial charge in [-0.15, -0.1) is 0 Å². The molecule has 0 fully saturated rings. The van der Waals surface area contributed by atoms with Crippen LogP contribution in [0.1, 0.15) is 15.9 Å². The molecular weight excluding hydrogens is 448 g/mol. The number of nitrogens with two attached hydrogens (primary N) is 1. The zero-order chi connectivity index (χ0) is 19.3. The second kappa shape index (κ2) is 8.63. The van der Waals surface area contributed by atoms with Crippen LogP contribution in [0.5, 0.6) is 0 Å². The number of rotatable bonds is 6. The number of halogens is 2. The van der Waals surface area contributed by atoms with Crippen molar-refractivity contribution in [3.8, 4) is 0 Å². The van der Waals surface area contributed by atoms with Crippen LogP contribution < -0.4 is 10.5 Å². The molecule has 0 aliphatic heterocycles. The van der Waals surface area contributed by atoms with Crippen molar-refractivity contribution in [2.24, 2.45) is 5.14 Å². The molecule has 2 aromatic carbocycles. The number of carbonyl (C=O) groups excluding carboxylic acids is 2. The largest absolute Gasteiger partial charge is 0.452 e. The van der Waals surface area contributed by atoms with Crippen molar-refractivity contribution in [1.29, 1.82) is 0 Å². The van der Waals surface area contributed by atoms with Crippen LogP contribution in [0.2, 0.25) is 5.02 Å². The summed E-state index contributed by atoms with van der Waals surface area (Å²) >= 11 is 8.98. The van der Waals surface area contributed by atoms with Crippen LogP contribution in [0.3, 0.4) is 0 Å². The van der Waals surface area contributed by atoms with Gasteiger partial charge in [-0.25, -0.2) is 18.4 Å². The molecule has 0 aromatic heterocycles. The maximum atomic E-state index is 12.1. The minimum atomic E-state index is -3.97. The van der Waals surface area contributed by atoms with Gasteiger partial charge in [0.2, 0.25) is 10.0 Å². The van der Waals surface area contributed by atoms with Gasteiger partial charge in [0.25, 0.3) is 5.91 Å². The van der Waals surface area contributed by atoms with Crippen LogP contribution in [0.4, 0.5) is 0 Å². The van der Waals surface area contributed by atoms with Crippen LogP contribution in [0.25, 0.3) is 0 Å². The zero-order valence-electron chi connectivity index (χ0n) is 13.2. The van der Waals surface area contributed by atoms with Gasteiger partial charge in [-0.3, -0.25) is 4.79 Å². The third-order valence-corrected chi connectivity index (χ3v) is 5.04. The summed E-state index contributed by atoms with van der Waals surface area (Å²) in [6.07, 6.45) is 0. The summed E-state index contributed by atoms with van der Waals surface area (Å²) in [6, 6.07) is 10.6. The molecule has 0 unspecified atom stereocenters. The molecule has 0 bridgehead atoms. The van der Waals surface area contributed by atoms with Gasteiger partial charge in [-0.05, 0) is 51.8 Å². The molecule has 7 nitrogen and oxygen atoms in total. The second-order valence-electron chi connectivity index (χ2n) is 5.17. The molecular formula is C16H14BrClN2O5S. The van der Waals surface area contributed by atoms with Crippen LogP contribution in [-0.2, 0) is 26.1 Å². The standard InChI is InChI=1S/C16H14BrClN2O5S/c17-14-5-4-12(26(19,23)24)7-13(14)16(22)25-9-15(21)20-8-10-2-1-3-11(18)6-10/h1-7H,8-9H2,(H,20,21)(H2,19,23,24). The number of hydrogen-bond donors (Lipinski definition) is 2. The fraction of sp³-hybridized carbons (Fsp3) is 0.125. The van der Waals surface area contributed by atoms with Crippen molar-refractivity contribution in [2.45, 2.75) is 11.4 Å². The van der Waals surface area contributed by atoms with Crippen molar-refractivity contribution in [1.82, 2.24) is 5.32 Å². The van der Waals surface area contributed by atoms with E-state index in [0.29, 0.717) is 9.50 Å². The lowest BCUT2D eigenvalue weighted by atomic mass is 10.2. The first-order valence-corrected chi connectivity index (χ1v) is 9.89. The SMILES string of the molecule is NS(=O)(=O)c1ccc(Br)c(C(=O)OCC(=O)NCc2cccc(Cl)c2)c1. The molecule has 0 heterocycles. The summed E-state index contributed by atoms with van der Waals surface area (Å²) in [6.45, 7) is -0.299. The lowest BCUT2D eigenvalue weighted by Crippen LogP contribution is -2.28. The molecule has 0 aliphatic rings. The van der Waals surface area contributed by atoms with Gasteiger partial charge in [0.1, 0.15) is 0 Å². The number of nitrogens with one attached hydrogen (secondary N) is 1. The van der Waals surface area contributed by atoms with Gasteiger partial charge in [-0.2, -0.15) is 0 Å². The lowest BCUT2D eigenvalue weighted by molar-refractivity contribution is -0.124. The van der Waals surface area contributed by atoms with Crippen LogP contribution in [0.15, 0.2) is 51.8 Å². The number of sulfonamides is 1. The third-order valence-electron chi connectivity index (χ3n) is 3.20. The lowest BCUT2D eigenvalue weighted by Gasteiger charge is -2.09. The molecule has 0 saturated heterocycles. The molecule has 0 aliphatic carbocycles. The first-order chi connectivity index (χ1) is 12.2. The minimum absolute atomic E-state index is 0.0563. The van der Waals surface area contributed by atoms with E-state index >= 15 is 0 Å². The molecule has 0 saturated carbocycles. The summed E-state index contributed by atoms with van der Waals surface area (Å²) in [5.41, 5.74) is 0.736. The Morgan fingerprint density at radius 1 is 1.19 bits per heavy atom. The van der Waals surface area contributed by atoms with Gasteiger partial charge in [0.15, 0.2) is 6.61 Å². The third kappa shape index (κ3) is 5.80. The first-order valence-electron chi connectivity index (χ1n) is 7.17. The summed E-state index contributed by atoms with van der Waals surface area (Å²) in [5, 5.41) is 8.16. The van der Waals surface area contributed by atoms with E-state index in [9.17, 15) is 18.0 Å². The number of hydrogen-bond acceptors (Lipinski definition) is 5. The number of benzene rings is 2. The quantitative estimate of drug-likeness (QED) is 0.640. The molecule has 0 radical (unpaired) electrons. The van der Waals surface area contributed by atoms with Gasteiger partial charge in [-0.1, -0.05) is 23.7 Å². The first kappa shape index (κ1) is 20.4. The predicted molar refractivity (Wildman–Crippen MR) is 99.1 cm³/mol. The Labute approximate surface area is 163 Å². The molecule has 1 amide bonds. The van der Waals surface area contributed by atoms with E-state index in [0.717, 1.165) is 11.6 Å². The second-order valence-corrected chi connectivity index (χ2v) is 8.02. The Bertz CT molecular complexity index is 949. The fourth-order valence-corrected chi connectivity index (χ4v) is 3.11. The van der Waals surface area contributed by atoms with Crippen molar-refractivity contribution in [3.63, 3.8) is 0 Å². The molecule has 0 atom stereocenters. The van der Waals surface area contributed by atoms with Crippen molar-refractivity contribution in [2.75, 3.05) is 6.61 Å². The van der Waals surface area contributed by atoms with Crippen LogP contribution >= 0.6 is 27.5 Å².